The maximum absolute atomic E-state index is 12.8. The molecule has 0 aromatic carbocycles. The van der Waals surface area contributed by atoms with E-state index < -0.39 is 0 Å². The van der Waals surface area contributed by atoms with Crippen LogP contribution in [0.2, 0.25) is 0 Å². The van der Waals surface area contributed by atoms with Gasteiger partial charge in [-0.15, -0.1) is 0 Å². The average molecular weight is 481 g/mol. The summed E-state index contributed by atoms with van der Waals surface area (Å²) in [6.07, 6.45) is 18.1. The summed E-state index contributed by atoms with van der Waals surface area (Å²) in [4.78, 5) is 25.5. The molecule has 0 unspecified atom stereocenters. The minimum atomic E-state index is -0.255. The van der Waals surface area contributed by atoms with Crippen LogP contribution in [0, 0.1) is 11.8 Å². The normalized spacial score (nSPS) is 19.5. The molecule has 6 heteroatoms. The van der Waals surface area contributed by atoms with Crippen molar-refractivity contribution in [3.63, 3.8) is 0 Å². The second-order valence-corrected chi connectivity index (χ2v) is 10.5. The van der Waals surface area contributed by atoms with Gasteiger partial charge in [0.25, 0.3) is 0 Å². The third-order valence-electron chi connectivity index (χ3n) is 7.55. The van der Waals surface area contributed by atoms with Crippen molar-refractivity contribution in [2.24, 2.45) is 11.8 Å². The summed E-state index contributed by atoms with van der Waals surface area (Å²) in [5.74, 6) is 0.976. The van der Waals surface area contributed by atoms with E-state index in [1.807, 2.05) is 0 Å². The van der Waals surface area contributed by atoms with Crippen LogP contribution in [-0.2, 0) is 19.1 Å². The molecule has 0 bridgehead atoms. The minimum Gasteiger partial charge on any atom is -0.465 e. The van der Waals surface area contributed by atoms with Crippen molar-refractivity contribution in [1.29, 1.82) is 0 Å². The predicted octanol–water partition coefficient (Wildman–Crippen LogP) is 5.53. The lowest BCUT2D eigenvalue weighted by Gasteiger charge is -2.27. The highest BCUT2D eigenvalue weighted by Gasteiger charge is 2.27. The average Bonchev–Trinajstić information content (AvgIpc) is 2.86. The zero-order valence-electron chi connectivity index (χ0n) is 22.1. The lowest BCUT2D eigenvalue weighted by atomic mass is 9.84. The largest absolute Gasteiger partial charge is 0.465 e. The number of carbonyl (C=O) groups is 2. The fourth-order valence-corrected chi connectivity index (χ4v) is 5.37. The van der Waals surface area contributed by atoms with Crippen molar-refractivity contribution >= 4 is 11.9 Å². The highest BCUT2D eigenvalue weighted by molar-refractivity contribution is 5.76. The van der Waals surface area contributed by atoms with E-state index in [-0.39, 0.29) is 24.0 Å². The molecule has 2 aliphatic rings. The lowest BCUT2D eigenvalue weighted by molar-refractivity contribution is -0.148. The summed E-state index contributed by atoms with van der Waals surface area (Å²) in [5, 5.41) is 6.91. The van der Waals surface area contributed by atoms with E-state index in [1.165, 1.54) is 64.2 Å². The highest BCUT2D eigenvalue weighted by atomic mass is 16.5. The molecule has 0 saturated heterocycles. The van der Waals surface area contributed by atoms with Crippen LogP contribution in [0.25, 0.3) is 0 Å². The molecule has 198 valence electrons. The summed E-state index contributed by atoms with van der Waals surface area (Å²) < 4.78 is 11.1. The Bertz CT molecular complexity index is 497. The quantitative estimate of drug-likeness (QED) is 0.211. The Labute approximate surface area is 208 Å². The zero-order chi connectivity index (χ0) is 24.4. The van der Waals surface area contributed by atoms with Crippen LogP contribution >= 0.6 is 0 Å². The summed E-state index contributed by atoms with van der Waals surface area (Å²) in [7, 11) is 0. The third-order valence-corrected chi connectivity index (χ3v) is 7.55. The van der Waals surface area contributed by atoms with Gasteiger partial charge < -0.3 is 20.1 Å². The van der Waals surface area contributed by atoms with E-state index in [4.69, 9.17) is 9.47 Å². The lowest BCUT2D eigenvalue weighted by Crippen LogP contribution is -2.46. The Morgan fingerprint density at radius 1 is 0.676 bits per heavy atom. The van der Waals surface area contributed by atoms with Gasteiger partial charge in [-0.1, -0.05) is 90.9 Å². The smallest absolute Gasteiger partial charge is 0.323 e. The van der Waals surface area contributed by atoms with E-state index in [9.17, 15) is 9.59 Å². The van der Waals surface area contributed by atoms with Crippen LogP contribution in [-0.4, -0.2) is 50.3 Å². The van der Waals surface area contributed by atoms with E-state index in [1.54, 1.807) is 0 Å². The Morgan fingerprint density at radius 2 is 1.06 bits per heavy atom. The monoisotopic (exact) mass is 480 g/mol. The number of hydrogen-bond acceptors (Lipinski definition) is 6. The molecule has 0 amide bonds. The first-order valence-corrected chi connectivity index (χ1v) is 14.4. The van der Waals surface area contributed by atoms with Crippen LogP contribution in [0.15, 0.2) is 0 Å². The van der Waals surface area contributed by atoms with Gasteiger partial charge in [-0.3, -0.25) is 9.59 Å². The van der Waals surface area contributed by atoms with Crippen molar-refractivity contribution < 1.29 is 19.1 Å². The molecular formula is C28H52N2O4. The van der Waals surface area contributed by atoms with E-state index in [0.29, 0.717) is 38.1 Å². The molecule has 2 N–H and O–H groups in total. The number of unbranched alkanes of at least 4 members (excludes halogenated alkanes) is 2. The van der Waals surface area contributed by atoms with Gasteiger partial charge in [-0.2, -0.15) is 0 Å². The number of rotatable bonds is 17. The van der Waals surface area contributed by atoms with Crippen LogP contribution in [0.1, 0.15) is 117 Å². The SMILES string of the molecule is CCCCOC(=O)[C@H](CC1CCCCC1)NCCN[C@@H](CC1CCCCC1)C(=O)OCCCC. The molecule has 0 heterocycles. The first-order valence-electron chi connectivity index (χ1n) is 14.4. The van der Waals surface area contributed by atoms with Crippen molar-refractivity contribution in [2.45, 2.75) is 129 Å². The molecule has 0 aromatic heterocycles. The topological polar surface area (TPSA) is 76.7 Å². The maximum atomic E-state index is 12.8. The molecule has 0 aliphatic heterocycles. The predicted molar refractivity (Wildman–Crippen MR) is 138 cm³/mol. The van der Waals surface area contributed by atoms with Crippen LogP contribution in [0.5, 0.6) is 0 Å². The van der Waals surface area contributed by atoms with E-state index in [0.717, 1.165) is 38.5 Å². The summed E-state index contributed by atoms with van der Waals surface area (Å²) in [5.41, 5.74) is 0. The Balaban J connectivity index is 1.83. The molecule has 0 aromatic rings. The van der Waals surface area contributed by atoms with Gasteiger partial charge in [0.05, 0.1) is 13.2 Å². The van der Waals surface area contributed by atoms with Gasteiger partial charge in [0.15, 0.2) is 0 Å². The molecule has 0 radical (unpaired) electrons. The summed E-state index contributed by atoms with van der Waals surface area (Å²) in [6, 6.07) is -0.509. The van der Waals surface area contributed by atoms with Crippen molar-refractivity contribution in [1.82, 2.24) is 10.6 Å². The first kappa shape index (κ1) is 29.1. The number of nitrogens with one attached hydrogen (secondary N) is 2. The van der Waals surface area contributed by atoms with Crippen molar-refractivity contribution in [2.75, 3.05) is 26.3 Å². The molecular weight excluding hydrogens is 428 g/mol. The number of hydrogen-bond donors (Lipinski definition) is 2. The Hall–Kier alpha value is -1.14. The van der Waals surface area contributed by atoms with Gasteiger partial charge in [0.1, 0.15) is 12.1 Å². The molecule has 2 fully saturated rings. The number of ether oxygens (including phenoxy) is 2. The van der Waals surface area contributed by atoms with Gasteiger partial charge >= 0.3 is 11.9 Å². The first-order chi connectivity index (χ1) is 16.6. The molecule has 2 rings (SSSR count). The Kier molecular flexibility index (Phi) is 15.6. The number of carbonyl (C=O) groups excluding carboxylic acids is 2. The minimum absolute atomic E-state index is 0.114. The van der Waals surface area contributed by atoms with Crippen LogP contribution in [0.3, 0.4) is 0 Å². The molecule has 34 heavy (non-hydrogen) atoms. The maximum Gasteiger partial charge on any atom is 0.323 e. The molecule has 2 saturated carbocycles. The Morgan fingerprint density at radius 3 is 1.41 bits per heavy atom. The van der Waals surface area contributed by atoms with E-state index >= 15 is 0 Å². The summed E-state index contributed by atoms with van der Waals surface area (Å²) >= 11 is 0. The fourth-order valence-electron chi connectivity index (χ4n) is 5.37. The van der Waals surface area contributed by atoms with Crippen molar-refractivity contribution in [3.05, 3.63) is 0 Å². The van der Waals surface area contributed by atoms with E-state index in [2.05, 4.69) is 24.5 Å². The molecule has 2 aliphatic carbocycles. The number of esters is 2. The zero-order valence-corrected chi connectivity index (χ0v) is 22.1. The van der Waals surface area contributed by atoms with Gasteiger partial charge in [0.2, 0.25) is 0 Å². The second-order valence-electron chi connectivity index (χ2n) is 10.5. The fraction of sp³-hybridized carbons (Fsp3) is 0.929. The van der Waals surface area contributed by atoms with Gasteiger partial charge in [-0.25, -0.2) is 0 Å². The standard InChI is InChI=1S/C28H52N2O4/c1-3-5-19-33-27(31)25(21-23-13-9-7-10-14-23)29-17-18-30-26(28(32)34-20-6-4-2)22-24-15-11-8-12-16-24/h23-26,29-30H,3-22H2,1-2H3/t25-,26-/m0/s1. The van der Waals surface area contributed by atoms with Crippen molar-refractivity contribution in [3.8, 4) is 0 Å². The molecule has 2 atom stereocenters. The van der Waals surface area contributed by atoms with Crippen LogP contribution < -0.4 is 10.6 Å². The second kappa shape index (κ2) is 18.2. The molecule has 6 nitrogen and oxygen atoms in total. The summed E-state index contributed by atoms with van der Waals surface area (Å²) in [6.45, 7) is 6.50. The van der Waals surface area contributed by atoms with Crippen LogP contribution in [0.4, 0.5) is 0 Å². The van der Waals surface area contributed by atoms with Gasteiger partial charge in [-0.05, 0) is 37.5 Å². The van der Waals surface area contributed by atoms with Gasteiger partial charge in [0, 0.05) is 13.1 Å². The highest BCUT2D eigenvalue weighted by Crippen LogP contribution is 2.28. The third kappa shape index (κ3) is 12.0. The molecule has 0 spiro atoms.